The Kier molecular flexibility index (Phi) is 4.84. The highest BCUT2D eigenvalue weighted by molar-refractivity contribution is 7.79. The second-order valence-corrected chi connectivity index (χ2v) is 6.43. The van der Waals surface area contributed by atoms with Gasteiger partial charge in [-0.15, -0.1) is 0 Å². The first-order valence-corrected chi connectivity index (χ1v) is 9.08. The van der Waals surface area contributed by atoms with Crippen LogP contribution >= 0.6 is 12.2 Å². The van der Waals surface area contributed by atoms with Gasteiger partial charge >= 0.3 is 0 Å². The zero-order chi connectivity index (χ0) is 18.6. The highest BCUT2D eigenvalue weighted by Crippen LogP contribution is 2.22. The summed E-state index contributed by atoms with van der Waals surface area (Å²) in [5.74, 6) is 1.12. The molecular formula is C20H17N5OS. The molecule has 1 aliphatic rings. The molecule has 3 heterocycles. The van der Waals surface area contributed by atoms with Crippen molar-refractivity contribution in [2.75, 3.05) is 16.8 Å². The second kappa shape index (κ2) is 7.59. The van der Waals surface area contributed by atoms with Crippen LogP contribution in [0.15, 0.2) is 54.7 Å². The van der Waals surface area contributed by atoms with Gasteiger partial charge in [-0.1, -0.05) is 36.5 Å². The van der Waals surface area contributed by atoms with E-state index in [-0.39, 0.29) is 5.91 Å². The number of amides is 1. The standard InChI is InChI=1S/C20H17N5OS/c26-20(22-15-5-2-1-3-6-15)17-7-4-8-19(24-17)25-10-9-16-14(12-25)11-21-18(13-27)23-16/h1-8,11,13H,9-10,12H2,(H,22,26). The summed E-state index contributed by atoms with van der Waals surface area (Å²) in [7, 11) is 0. The van der Waals surface area contributed by atoms with Gasteiger partial charge in [-0.25, -0.2) is 15.0 Å². The van der Waals surface area contributed by atoms with Gasteiger partial charge in [0.1, 0.15) is 11.5 Å². The lowest BCUT2D eigenvalue weighted by atomic mass is 10.1. The molecule has 134 valence electrons. The van der Waals surface area contributed by atoms with Crippen LogP contribution in [0, 0.1) is 0 Å². The van der Waals surface area contributed by atoms with Crippen molar-refractivity contribution in [2.24, 2.45) is 0 Å². The lowest BCUT2D eigenvalue weighted by Crippen LogP contribution is -2.32. The third-order valence-corrected chi connectivity index (χ3v) is 4.59. The quantitative estimate of drug-likeness (QED) is 0.707. The molecule has 2 aromatic heterocycles. The number of aromatic nitrogens is 3. The molecule has 0 saturated heterocycles. The fourth-order valence-corrected chi connectivity index (χ4v) is 3.14. The summed E-state index contributed by atoms with van der Waals surface area (Å²) in [6, 6.07) is 14.8. The van der Waals surface area contributed by atoms with E-state index in [4.69, 9.17) is 12.2 Å². The van der Waals surface area contributed by atoms with Gasteiger partial charge in [0, 0.05) is 42.3 Å². The minimum atomic E-state index is -0.227. The topological polar surface area (TPSA) is 71.0 Å². The molecule has 1 aliphatic heterocycles. The van der Waals surface area contributed by atoms with Crippen LogP contribution in [0.4, 0.5) is 11.5 Å². The molecule has 1 amide bonds. The van der Waals surface area contributed by atoms with E-state index in [0.29, 0.717) is 18.1 Å². The summed E-state index contributed by atoms with van der Waals surface area (Å²) >= 11 is 4.90. The van der Waals surface area contributed by atoms with Crippen LogP contribution in [-0.4, -0.2) is 32.8 Å². The van der Waals surface area contributed by atoms with E-state index >= 15 is 0 Å². The highest BCUT2D eigenvalue weighted by Gasteiger charge is 2.20. The first-order valence-electron chi connectivity index (χ1n) is 8.61. The molecule has 4 rings (SSSR count). The van der Waals surface area contributed by atoms with Crippen LogP contribution in [0.3, 0.4) is 0 Å². The number of nitrogens with one attached hydrogen (secondary N) is 1. The Morgan fingerprint density at radius 2 is 1.96 bits per heavy atom. The van der Waals surface area contributed by atoms with Crippen molar-refractivity contribution < 1.29 is 4.79 Å². The molecule has 6 nitrogen and oxygen atoms in total. The zero-order valence-electron chi connectivity index (χ0n) is 14.5. The van der Waals surface area contributed by atoms with Gasteiger partial charge in [-0.2, -0.15) is 0 Å². The predicted octanol–water partition coefficient (Wildman–Crippen LogP) is 3.03. The maximum Gasteiger partial charge on any atom is 0.274 e. The van der Waals surface area contributed by atoms with E-state index in [0.717, 1.165) is 35.7 Å². The minimum Gasteiger partial charge on any atom is -0.352 e. The first-order chi connectivity index (χ1) is 13.2. The van der Waals surface area contributed by atoms with Gasteiger partial charge in [0.05, 0.1) is 5.69 Å². The van der Waals surface area contributed by atoms with Gasteiger partial charge in [-0.3, -0.25) is 4.79 Å². The predicted molar refractivity (Wildman–Crippen MR) is 108 cm³/mol. The van der Waals surface area contributed by atoms with Crippen LogP contribution in [0.5, 0.6) is 0 Å². The van der Waals surface area contributed by atoms with Crippen LogP contribution in [0.1, 0.15) is 27.6 Å². The Hall–Kier alpha value is -3.19. The van der Waals surface area contributed by atoms with E-state index in [1.165, 1.54) is 5.37 Å². The highest BCUT2D eigenvalue weighted by atomic mass is 32.1. The zero-order valence-corrected chi connectivity index (χ0v) is 15.3. The number of pyridine rings is 1. The van der Waals surface area contributed by atoms with Crippen molar-refractivity contribution in [1.29, 1.82) is 0 Å². The molecule has 0 radical (unpaired) electrons. The summed E-state index contributed by atoms with van der Waals surface area (Å²) < 4.78 is 0. The molecule has 0 fully saturated rings. The van der Waals surface area contributed by atoms with E-state index < -0.39 is 0 Å². The minimum absolute atomic E-state index is 0.227. The van der Waals surface area contributed by atoms with E-state index in [1.54, 1.807) is 6.07 Å². The number of para-hydroxylation sites is 1. The lowest BCUT2D eigenvalue weighted by Gasteiger charge is -2.29. The lowest BCUT2D eigenvalue weighted by molar-refractivity contribution is 0.102. The monoisotopic (exact) mass is 375 g/mol. The van der Waals surface area contributed by atoms with Crippen molar-refractivity contribution in [3.05, 3.63) is 77.5 Å². The van der Waals surface area contributed by atoms with E-state index in [9.17, 15) is 4.79 Å². The van der Waals surface area contributed by atoms with Gasteiger partial charge in [-0.05, 0) is 24.3 Å². The Morgan fingerprint density at radius 3 is 2.78 bits per heavy atom. The fraction of sp³-hybridized carbons (Fsp3) is 0.150. The average molecular weight is 375 g/mol. The van der Waals surface area contributed by atoms with Crippen molar-refractivity contribution in [2.45, 2.75) is 13.0 Å². The van der Waals surface area contributed by atoms with Gasteiger partial charge in [0.2, 0.25) is 0 Å². The number of nitrogens with zero attached hydrogens (tertiary/aromatic N) is 4. The number of carbonyl (C=O) groups excluding carboxylic acids is 1. The molecule has 1 N–H and O–H groups in total. The summed E-state index contributed by atoms with van der Waals surface area (Å²) in [6.45, 7) is 1.43. The largest absolute Gasteiger partial charge is 0.352 e. The molecule has 0 saturated carbocycles. The van der Waals surface area contributed by atoms with E-state index in [2.05, 4.69) is 25.2 Å². The summed E-state index contributed by atoms with van der Waals surface area (Å²) in [5.41, 5.74) is 3.21. The van der Waals surface area contributed by atoms with Gasteiger partial charge in [0.25, 0.3) is 5.91 Å². The average Bonchev–Trinajstić information content (AvgIpc) is 2.73. The number of fused-ring (bicyclic) bond motifs is 1. The Labute approximate surface area is 162 Å². The fourth-order valence-electron chi connectivity index (χ4n) is 3.03. The van der Waals surface area contributed by atoms with E-state index in [1.807, 2.05) is 48.7 Å². The summed E-state index contributed by atoms with van der Waals surface area (Å²) in [4.78, 5) is 27.9. The van der Waals surface area contributed by atoms with Crippen LogP contribution in [0.2, 0.25) is 0 Å². The Balaban J connectivity index is 1.52. The molecule has 0 aliphatic carbocycles. The SMILES string of the molecule is O=C(Nc1ccccc1)c1cccc(N2CCc3nc(C=S)ncc3C2)n1. The number of thiocarbonyl (C=S) groups is 1. The Bertz CT molecular complexity index is 993. The molecule has 0 bridgehead atoms. The van der Waals surface area contributed by atoms with Gasteiger partial charge in [0.15, 0.2) is 5.82 Å². The summed E-state index contributed by atoms with van der Waals surface area (Å²) in [5, 5.41) is 4.35. The molecule has 7 heteroatoms. The number of benzene rings is 1. The molecule has 0 unspecified atom stereocenters. The molecule has 27 heavy (non-hydrogen) atoms. The summed E-state index contributed by atoms with van der Waals surface area (Å²) in [6.07, 6.45) is 2.61. The number of hydrogen-bond donors (Lipinski definition) is 1. The van der Waals surface area contributed by atoms with Crippen molar-refractivity contribution in [3.63, 3.8) is 0 Å². The second-order valence-electron chi connectivity index (χ2n) is 6.19. The number of hydrogen-bond acceptors (Lipinski definition) is 6. The smallest absolute Gasteiger partial charge is 0.274 e. The molecule has 0 atom stereocenters. The van der Waals surface area contributed by atoms with Crippen molar-refractivity contribution in [1.82, 2.24) is 15.0 Å². The molecule has 3 aromatic rings. The number of carbonyl (C=O) groups is 1. The normalized spacial score (nSPS) is 13.0. The van der Waals surface area contributed by atoms with Crippen LogP contribution < -0.4 is 10.2 Å². The maximum atomic E-state index is 12.5. The van der Waals surface area contributed by atoms with Crippen molar-refractivity contribution >= 4 is 35.0 Å². The first kappa shape index (κ1) is 17.2. The number of rotatable bonds is 4. The van der Waals surface area contributed by atoms with Crippen LogP contribution in [-0.2, 0) is 13.0 Å². The number of anilines is 2. The van der Waals surface area contributed by atoms with Crippen LogP contribution in [0.25, 0.3) is 0 Å². The molecule has 1 aromatic carbocycles. The molecule has 0 spiro atoms. The van der Waals surface area contributed by atoms with Gasteiger partial charge < -0.3 is 10.2 Å². The van der Waals surface area contributed by atoms with Crippen molar-refractivity contribution in [3.8, 4) is 0 Å². The Morgan fingerprint density at radius 1 is 1.11 bits per heavy atom. The third-order valence-electron chi connectivity index (χ3n) is 4.38. The maximum absolute atomic E-state index is 12.5. The molecular weight excluding hydrogens is 358 g/mol. The third kappa shape index (κ3) is 3.83.